The van der Waals surface area contributed by atoms with Crippen molar-refractivity contribution in [3.8, 4) is 5.75 Å². The number of piperidine rings is 1. The van der Waals surface area contributed by atoms with Crippen LogP contribution >= 0.6 is 0 Å². The van der Waals surface area contributed by atoms with E-state index >= 15 is 0 Å². The number of rotatable bonds is 5. The summed E-state index contributed by atoms with van der Waals surface area (Å²) in [5, 5.41) is 2.33. The number of ether oxygens (including phenoxy) is 1. The summed E-state index contributed by atoms with van der Waals surface area (Å²) < 4.78 is 45.4. The van der Waals surface area contributed by atoms with Gasteiger partial charge < -0.3 is 15.0 Å². The summed E-state index contributed by atoms with van der Waals surface area (Å²) in [5.41, 5.74) is -1.11. The predicted molar refractivity (Wildman–Crippen MR) is 106 cm³/mol. The molecule has 2 aromatic rings. The van der Waals surface area contributed by atoms with Crippen LogP contribution in [0.5, 0.6) is 5.75 Å². The summed E-state index contributed by atoms with van der Waals surface area (Å²) in [7, 11) is 0. The zero-order chi connectivity index (χ0) is 21.7. The fraction of sp³-hybridized carbons (Fsp3) is 0.364. The van der Waals surface area contributed by atoms with Crippen LogP contribution < -0.4 is 10.1 Å². The van der Waals surface area contributed by atoms with Crippen molar-refractivity contribution in [3.05, 3.63) is 59.7 Å². The summed E-state index contributed by atoms with van der Waals surface area (Å²) in [6, 6.07) is 12.4. The number of benzene rings is 2. The molecule has 3 rings (SSSR count). The molecule has 0 unspecified atom stereocenters. The Bertz CT molecular complexity index is 892. The van der Waals surface area contributed by atoms with E-state index in [2.05, 4.69) is 5.32 Å². The number of nitrogens with one attached hydrogen (secondary N) is 1. The van der Waals surface area contributed by atoms with Crippen LogP contribution in [0.3, 0.4) is 0 Å². The van der Waals surface area contributed by atoms with E-state index in [0.717, 1.165) is 17.9 Å². The normalized spacial score (nSPS) is 15.0. The third kappa shape index (κ3) is 5.75. The van der Waals surface area contributed by atoms with Gasteiger partial charge in [0.05, 0.1) is 12.2 Å². The number of nitrogens with zero attached hydrogens (tertiary/aromatic N) is 1. The van der Waals surface area contributed by atoms with E-state index in [-0.39, 0.29) is 17.2 Å². The van der Waals surface area contributed by atoms with Gasteiger partial charge in [0, 0.05) is 31.3 Å². The molecule has 0 spiro atoms. The monoisotopic (exact) mass is 420 g/mol. The smallest absolute Gasteiger partial charge is 0.416 e. The lowest BCUT2D eigenvalue weighted by atomic mass is 9.97. The van der Waals surface area contributed by atoms with Crippen molar-refractivity contribution < 1.29 is 27.5 Å². The molecule has 0 radical (unpaired) electrons. The Morgan fingerprint density at radius 3 is 2.37 bits per heavy atom. The highest BCUT2D eigenvalue weighted by atomic mass is 19.4. The molecule has 0 aromatic heterocycles. The van der Waals surface area contributed by atoms with Crippen molar-refractivity contribution in [2.75, 3.05) is 25.0 Å². The minimum absolute atomic E-state index is 0.0492. The minimum atomic E-state index is -4.62. The van der Waals surface area contributed by atoms with Crippen molar-refractivity contribution in [3.63, 3.8) is 0 Å². The van der Waals surface area contributed by atoms with Crippen molar-refractivity contribution in [2.45, 2.75) is 25.9 Å². The lowest BCUT2D eigenvalue weighted by Gasteiger charge is -2.32. The van der Waals surface area contributed by atoms with Gasteiger partial charge in [-0.2, -0.15) is 13.2 Å². The number of likely N-dealkylation sites (tertiary alicyclic amines) is 1. The molecule has 0 aliphatic carbocycles. The first-order valence-electron chi connectivity index (χ1n) is 9.69. The van der Waals surface area contributed by atoms with Crippen LogP contribution in [-0.4, -0.2) is 36.4 Å². The van der Waals surface area contributed by atoms with Crippen LogP contribution in [0.1, 0.15) is 35.7 Å². The van der Waals surface area contributed by atoms with E-state index in [4.69, 9.17) is 4.74 Å². The van der Waals surface area contributed by atoms with E-state index in [1.807, 2.05) is 30.3 Å². The first kappa shape index (κ1) is 21.7. The minimum Gasteiger partial charge on any atom is -0.493 e. The Hall–Kier alpha value is -3.03. The summed E-state index contributed by atoms with van der Waals surface area (Å²) in [6.45, 7) is 2.60. The van der Waals surface area contributed by atoms with Crippen LogP contribution in [0.2, 0.25) is 0 Å². The summed E-state index contributed by atoms with van der Waals surface area (Å²) >= 11 is 0. The van der Waals surface area contributed by atoms with E-state index in [0.29, 0.717) is 32.5 Å². The van der Waals surface area contributed by atoms with Gasteiger partial charge in [-0.1, -0.05) is 18.2 Å². The van der Waals surface area contributed by atoms with Gasteiger partial charge in [-0.25, -0.2) is 0 Å². The number of alkyl halides is 3. The number of amides is 2. The Morgan fingerprint density at radius 1 is 1.10 bits per heavy atom. The lowest BCUT2D eigenvalue weighted by molar-refractivity contribution is -0.137. The molecule has 1 saturated heterocycles. The molecule has 160 valence electrons. The number of hydrogen-bond acceptors (Lipinski definition) is 3. The molecule has 5 nitrogen and oxygen atoms in total. The zero-order valence-electron chi connectivity index (χ0n) is 16.5. The second-order valence-corrected chi connectivity index (χ2v) is 7.34. The van der Waals surface area contributed by atoms with E-state index < -0.39 is 23.6 Å². The Kier molecular flexibility index (Phi) is 6.64. The van der Waals surface area contributed by atoms with E-state index in [1.165, 1.54) is 13.0 Å². The molecule has 2 amide bonds. The highest BCUT2D eigenvalue weighted by molar-refractivity contribution is 5.97. The van der Waals surface area contributed by atoms with Gasteiger partial charge in [-0.05, 0) is 49.1 Å². The molecule has 30 heavy (non-hydrogen) atoms. The lowest BCUT2D eigenvalue weighted by Crippen LogP contribution is -2.39. The maximum Gasteiger partial charge on any atom is 0.416 e. The molecule has 0 bridgehead atoms. The molecular weight excluding hydrogens is 397 g/mol. The molecule has 1 fully saturated rings. The Labute approximate surface area is 172 Å². The number of para-hydroxylation sites is 1. The number of anilines is 1. The molecule has 1 N–H and O–H groups in total. The SMILES string of the molecule is CC(=O)Nc1cc(C(=O)N2CCC(COc3ccccc3)CC2)cc(C(F)(F)F)c1. The Balaban J connectivity index is 1.64. The molecule has 1 aliphatic heterocycles. The first-order chi connectivity index (χ1) is 14.2. The molecule has 1 heterocycles. The third-order valence-corrected chi connectivity index (χ3v) is 4.96. The van der Waals surface area contributed by atoms with Crippen LogP contribution in [0.15, 0.2) is 48.5 Å². The van der Waals surface area contributed by atoms with Crippen molar-refractivity contribution >= 4 is 17.5 Å². The van der Waals surface area contributed by atoms with Crippen molar-refractivity contribution in [1.29, 1.82) is 0 Å². The molecular formula is C22H23F3N2O3. The molecule has 0 saturated carbocycles. The quantitative estimate of drug-likeness (QED) is 0.770. The van der Waals surface area contributed by atoms with Gasteiger partial charge in [-0.3, -0.25) is 9.59 Å². The molecule has 1 aliphatic rings. The highest BCUT2D eigenvalue weighted by Crippen LogP contribution is 2.32. The van der Waals surface area contributed by atoms with Gasteiger partial charge in [0.25, 0.3) is 5.91 Å². The molecule has 0 atom stereocenters. The number of hydrogen-bond donors (Lipinski definition) is 1. The number of halogens is 3. The van der Waals surface area contributed by atoms with Gasteiger partial charge in [0.2, 0.25) is 5.91 Å². The first-order valence-corrected chi connectivity index (χ1v) is 9.69. The van der Waals surface area contributed by atoms with Crippen LogP contribution in [0, 0.1) is 5.92 Å². The van der Waals surface area contributed by atoms with Crippen LogP contribution in [0.25, 0.3) is 0 Å². The maximum atomic E-state index is 13.2. The topological polar surface area (TPSA) is 58.6 Å². The average molecular weight is 420 g/mol. The van der Waals surface area contributed by atoms with Gasteiger partial charge in [0.1, 0.15) is 5.75 Å². The second-order valence-electron chi connectivity index (χ2n) is 7.34. The average Bonchev–Trinajstić information content (AvgIpc) is 2.71. The number of carbonyl (C=O) groups is 2. The standard InChI is InChI=1S/C22H23F3N2O3/c1-15(28)26-19-12-17(11-18(13-19)22(23,24)25)21(29)27-9-7-16(8-10-27)14-30-20-5-3-2-4-6-20/h2-6,11-13,16H,7-10,14H2,1H3,(H,26,28). The van der Waals surface area contributed by atoms with Crippen LogP contribution in [0.4, 0.5) is 18.9 Å². The third-order valence-electron chi connectivity index (χ3n) is 4.96. The van der Waals surface area contributed by atoms with Crippen LogP contribution in [-0.2, 0) is 11.0 Å². The van der Waals surface area contributed by atoms with Crippen molar-refractivity contribution in [1.82, 2.24) is 4.90 Å². The predicted octanol–water partition coefficient (Wildman–Crippen LogP) is 4.60. The van der Waals surface area contributed by atoms with Gasteiger partial charge in [0.15, 0.2) is 0 Å². The van der Waals surface area contributed by atoms with E-state index in [9.17, 15) is 22.8 Å². The van der Waals surface area contributed by atoms with E-state index in [1.54, 1.807) is 4.90 Å². The van der Waals surface area contributed by atoms with Crippen molar-refractivity contribution in [2.24, 2.45) is 5.92 Å². The number of carbonyl (C=O) groups excluding carboxylic acids is 2. The summed E-state index contributed by atoms with van der Waals surface area (Å²) in [6.07, 6.45) is -3.21. The molecule has 2 aromatic carbocycles. The summed E-state index contributed by atoms with van der Waals surface area (Å²) in [5.74, 6) is 0.0678. The molecule has 8 heteroatoms. The largest absolute Gasteiger partial charge is 0.493 e. The highest BCUT2D eigenvalue weighted by Gasteiger charge is 2.33. The van der Waals surface area contributed by atoms with Gasteiger partial charge >= 0.3 is 6.18 Å². The Morgan fingerprint density at radius 2 is 1.77 bits per heavy atom. The second kappa shape index (κ2) is 9.19. The zero-order valence-corrected chi connectivity index (χ0v) is 16.5. The summed E-state index contributed by atoms with van der Waals surface area (Å²) in [4.78, 5) is 25.6. The van der Waals surface area contributed by atoms with Gasteiger partial charge in [-0.15, -0.1) is 0 Å². The fourth-order valence-electron chi connectivity index (χ4n) is 3.41. The fourth-order valence-corrected chi connectivity index (χ4v) is 3.41. The maximum absolute atomic E-state index is 13.2.